The van der Waals surface area contributed by atoms with Gasteiger partial charge in [0.2, 0.25) is 0 Å². The van der Waals surface area contributed by atoms with E-state index in [0.717, 1.165) is 122 Å². The maximum Gasteiger partial charge on any atom is 0.147 e. The highest BCUT2D eigenvalue weighted by molar-refractivity contribution is 6.28. The highest BCUT2D eigenvalue weighted by Gasteiger charge is 2.27. The van der Waals surface area contributed by atoms with Crippen LogP contribution in [0, 0.1) is 0 Å². The first kappa shape index (κ1) is 42.5. The van der Waals surface area contributed by atoms with Gasteiger partial charge in [0.15, 0.2) is 0 Å². The molecule has 7 heteroatoms. The Bertz CT molecular complexity index is 4800. The summed E-state index contributed by atoms with van der Waals surface area (Å²) in [6.45, 7) is 11.4. The second-order valence-electron chi connectivity index (χ2n) is 21.5. The summed E-state index contributed by atoms with van der Waals surface area (Å²) in [6.07, 6.45) is 1.96. The molecule has 0 saturated carbocycles. The van der Waals surface area contributed by atoms with Crippen LogP contribution in [-0.2, 0) is 10.8 Å². The Balaban J connectivity index is 0.984. The minimum Gasteiger partial charge on any atom is -0.456 e. The minimum atomic E-state index is -0.249. The number of hydrogen-bond acceptors (Lipinski definition) is 4. The highest BCUT2D eigenvalue weighted by Crippen LogP contribution is 2.45. The van der Waals surface area contributed by atoms with Crippen molar-refractivity contribution in [3.8, 4) is 34.0 Å². The molecule has 1 N–H and O–H groups in total. The topological polar surface area (TPSA) is 77.7 Å². The number of benzene rings is 9. The van der Waals surface area contributed by atoms with Gasteiger partial charge in [-0.25, -0.2) is 9.97 Å². The number of furan rings is 2. The summed E-state index contributed by atoms with van der Waals surface area (Å²) in [7, 11) is 0. The molecule has 15 aromatic rings. The van der Waals surface area contributed by atoms with E-state index in [4.69, 9.17) is 18.8 Å². The molecule has 0 aliphatic heterocycles. The van der Waals surface area contributed by atoms with E-state index in [1.807, 2.05) is 30.5 Å². The number of nitrogens with zero attached hydrogens (tertiary/aromatic N) is 4. The van der Waals surface area contributed by atoms with Crippen LogP contribution in [0.1, 0.15) is 51.3 Å². The molecule has 0 spiro atoms. The molecule has 0 bridgehead atoms. The van der Waals surface area contributed by atoms with Gasteiger partial charge in [-0.1, -0.05) is 144 Å². The molecular weight excluding hydrogens is 907 g/mol. The van der Waals surface area contributed by atoms with Crippen molar-refractivity contribution < 1.29 is 8.83 Å². The van der Waals surface area contributed by atoms with Crippen LogP contribution in [0.3, 0.4) is 0 Å². The van der Waals surface area contributed by atoms with Crippen LogP contribution in [-0.4, -0.2) is 24.1 Å². The van der Waals surface area contributed by atoms with Gasteiger partial charge in [-0.05, 0) is 113 Å². The number of nitrogens with one attached hydrogen (secondary N) is 1. The third-order valence-electron chi connectivity index (χ3n) is 15.8. The first-order valence-electron chi connectivity index (χ1n) is 25.5. The predicted octanol–water partition coefficient (Wildman–Crippen LogP) is 17.9. The Kier molecular flexibility index (Phi) is 8.84. The number of hydrogen-bond donors (Lipinski definition) is 1. The number of pyridine rings is 1. The second kappa shape index (κ2) is 15.4. The van der Waals surface area contributed by atoms with E-state index >= 15 is 0 Å². The molecule has 9 aromatic carbocycles. The summed E-state index contributed by atoms with van der Waals surface area (Å²) in [5.74, 6) is 1.71. The van der Waals surface area contributed by atoms with Gasteiger partial charge in [0, 0.05) is 77.0 Å². The number of para-hydroxylation sites is 4. The van der Waals surface area contributed by atoms with Gasteiger partial charge in [0.05, 0.1) is 27.6 Å². The Morgan fingerprint density at radius 2 is 1.18 bits per heavy atom. The van der Waals surface area contributed by atoms with Crippen molar-refractivity contribution >= 4 is 98.5 Å². The Morgan fingerprint density at radius 1 is 0.446 bits per heavy atom. The van der Waals surface area contributed by atoms with Crippen molar-refractivity contribution in [1.29, 1.82) is 0 Å². The van der Waals surface area contributed by atoms with Crippen LogP contribution in [0.5, 0.6) is 0 Å². The van der Waals surface area contributed by atoms with Gasteiger partial charge in [-0.2, -0.15) is 0 Å². The monoisotopic (exact) mass is 955 g/mol. The second-order valence-corrected chi connectivity index (χ2v) is 21.5. The lowest BCUT2D eigenvalue weighted by atomic mass is 9.78. The zero-order valence-electron chi connectivity index (χ0n) is 41.7. The van der Waals surface area contributed by atoms with Crippen LogP contribution in [0.15, 0.2) is 209 Å². The first-order chi connectivity index (χ1) is 36.1. The Hall–Kier alpha value is -9.20. The van der Waals surface area contributed by atoms with Crippen molar-refractivity contribution in [2.45, 2.75) is 45.4 Å². The van der Waals surface area contributed by atoms with Crippen LogP contribution < -0.4 is 0 Å². The molecule has 7 nitrogen and oxygen atoms in total. The molecule has 0 amide bonds. The average molecular weight is 956 g/mol. The maximum absolute atomic E-state index is 6.41. The molecule has 0 fully saturated rings. The van der Waals surface area contributed by atoms with Crippen LogP contribution in [0.25, 0.3) is 133 Å². The zero-order valence-corrected chi connectivity index (χ0v) is 41.7. The molecule has 15 rings (SSSR count). The number of H-pyrrole nitrogens is 1. The summed E-state index contributed by atoms with van der Waals surface area (Å²) < 4.78 is 17.5. The lowest BCUT2D eigenvalue weighted by Crippen LogP contribution is -2.19. The van der Waals surface area contributed by atoms with Gasteiger partial charge in [-0.3, -0.25) is 9.13 Å². The van der Waals surface area contributed by atoms with Gasteiger partial charge in [0.25, 0.3) is 0 Å². The lowest BCUT2D eigenvalue weighted by molar-refractivity contribution is 0.591. The SMILES string of the molecule is CC(C)(C)c1ccc2c(c1)c1ccc(-c3cccc4c3nc(-c3cccc5c3[nH]c3ccc6oc7ccccc7c6c35)n4-c3ccc4oc5ccccc5c4c3)cc1n2-c1cc(C(C)(C)c2ccccc2)ccn1. The van der Waals surface area contributed by atoms with Crippen LogP contribution in [0.4, 0.5) is 0 Å². The summed E-state index contributed by atoms with van der Waals surface area (Å²) in [5, 5.41) is 8.97. The third kappa shape index (κ3) is 6.19. The largest absolute Gasteiger partial charge is 0.456 e. The summed E-state index contributed by atoms with van der Waals surface area (Å²) >= 11 is 0. The van der Waals surface area contributed by atoms with E-state index in [-0.39, 0.29) is 10.8 Å². The number of imidazole rings is 1. The Labute approximate surface area is 425 Å². The molecule has 0 radical (unpaired) electrons. The summed E-state index contributed by atoms with van der Waals surface area (Å²) in [4.78, 5) is 14.8. The van der Waals surface area contributed by atoms with Crippen molar-refractivity contribution in [2.24, 2.45) is 0 Å². The standard InChI is InChI=1S/C67H49N5O2/c1-66(2,3)41-26-30-53-50(36-41)45-28-25-39(35-55(45)72(53)60-37-42(33-34-68-60)67(4,5)40-15-7-6-8-16-40)44-19-14-22-54-64(44)70-65(71(54)43-27-31-58-51(38-43)46-17-9-11-23-56(46)73-58)49-21-13-20-48-61-52(69-63(48)49)29-32-59-62(61)47-18-10-12-24-57(47)74-59/h6-38,69H,1-5H3. The molecule has 0 aliphatic rings. The van der Waals surface area contributed by atoms with Gasteiger partial charge in [0.1, 0.15) is 34.0 Å². The van der Waals surface area contributed by atoms with Crippen LogP contribution in [0.2, 0.25) is 0 Å². The normalized spacial score (nSPS) is 12.7. The quantitative estimate of drug-likeness (QED) is 0.180. The molecule has 6 heterocycles. The predicted molar refractivity (Wildman–Crippen MR) is 305 cm³/mol. The fourth-order valence-electron chi connectivity index (χ4n) is 11.9. The van der Waals surface area contributed by atoms with E-state index < -0.39 is 0 Å². The van der Waals surface area contributed by atoms with E-state index in [1.54, 1.807) is 0 Å². The van der Waals surface area contributed by atoms with Crippen molar-refractivity contribution in [3.05, 3.63) is 217 Å². The highest BCUT2D eigenvalue weighted by atomic mass is 16.3. The zero-order chi connectivity index (χ0) is 49.6. The molecule has 354 valence electrons. The summed E-state index contributed by atoms with van der Waals surface area (Å²) in [6, 6.07) is 69.5. The van der Waals surface area contributed by atoms with Gasteiger partial charge < -0.3 is 13.8 Å². The van der Waals surface area contributed by atoms with Gasteiger partial charge in [-0.15, -0.1) is 0 Å². The third-order valence-corrected chi connectivity index (χ3v) is 15.8. The first-order valence-corrected chi connectivity index (χ1v) is 25.5. The number of aromatic amines is 1. The number of aromatic nitrogens is 5. The lowest BCUT2D eigenvalue weighted by Gasteiger charge is -2.26. The molecule has 0 unspecified atom stereocenters. The summed E-state index contributed by atoms with van der Waals surface area (Å²) in [5.41, 5.74) is 17.2. The minimum absolute atomic E-state index is 0.0289. The Morgan fingerprint density at radius 3 is 2.03 bits per heavy atom. The molecule has 6 aromatic heterocycles. The van der Waals surface area contributed by atoms with E-state index in [1.165, 1.54) is 27.5 Å². The van der Waals surface area contributed by atoms with E-state index in [9.17, 15) is 0 Å². The average Bonchev–Trinajstić information content (AvgIpc) is 4.30. The van der Waals surface area contributed by atoms with Crippen molar-refractivity contribution in [1.82, 2.24) is 24.1 Å². The fourth-order valence-corrected chi connectivity index (χ4v) is 11.9. The molecule has 0 atom stereocenters. The molecule has 0 aliphatic carbocycles. The van der Waals surface area contributed by atoms with Crippen molar-refractivity contribution in [3.63, 3.8) is 0 Å². The van der Waals surface area contributed by atoms with Crippen LogP contribution >= 0.6 is 0 Å². The molecule has 74 heavy (non-hydrogen) atoms. The maximum atomic E-state index is 6.41. The fraction of sp³-hybridized carbons (Fsp3) is 0.104. The number of fused-ring (bicyclic) bond motifs is 14. The van der Waals surface area contributed by atoms with Gasteiger partial charge >= 0.3 is 0 Å². The van der Waals surface area contributed by atoms with E-state index in [0.29, 0.717) is 0 Å². The number of rotatable bonds is 6. The van der Waals surface area contributed by atoms with E-state index in [2.05, 4.69) is 219 Å². The molecular formula is C67H49N5O2. The molecule has 0 saturated heterocycles. The van der Waals surface area contributed by atoms with Crippen molar-refractivity contribution in [2.75, 3.05) is 0 Å². The smallest absolute Gasteiger partial charge is 0.147 e.